The van der Waals surface area contributed by atoms with Gasteiger partial charge in [-0.05, 0) is 36.1 Å². The van der Waals surface area contributed by atoms with Gasteiger partial charge in [0.25, 0.3) is 5.91 Å². The normalized spacial score (nSPS) is 10.6. The van der Waals surface area contributed by atoms with Gasteiger partial charge in [0.2, 0.25) is 0 Å². The molecule has 0 aliphatic rings. The number of rotatable bonds is 7. The van der Waals surface area contributed by atoms with Gasteiger partial charge in [-0.3, -0.25) is 9.89 Å². The zero-order valence-corrected chi connectivity index (χ0v) is 15.8. The summed E-state index contributed by atoms with van der Waals surface area (Å²) in [5.74, 6) is 0.875. The zero-order chi connectivity index (χ0) is 18.5. The largest absolute Gasteiger partial charge is 0.493 e. The number of thiophene rings is 1. The lowest BCUT2D eigenvalue weighted by Crippen LogP contribution is -2.13. The molecule has 2 aromatic heterocycles. The van der Waals surface area contributed by atoms with Crippen LogP contribution in [0.4, 0.5) is 5.69 Å². The number of methoxy groups -OCH3 is 2. The molecule has 6 nitrogen and oxygen atoms in total. The van der Waals surface area contributed by atoms with Crippen molar-refractivity contribution in [2.45, 2.75) is 19.8 Å². The topological polar surface area (TPSA) is 76.2 Å². The summed E-state index contributed by atoms with van der Waals surface area (Å²) in [6.07, 6.45) is 1.76. The fraction of sp³-hybridized carbons (Fsp3) is 0.263. The van der Waals surface area contributed by atoms with Crippen molar-refractivity contribution >= 4 is 22.9 Å². The third kappa shape index (κ3) is 3.57. The fourth-order valence-corrected chi connectivity index (χ4v) is 3.42. The van der Waals surface area contributed by atoms with Crippen LogP contribution in [0.15, 0.2) is 35.7 Å². The lowest BCUT2D eigenvalue weighted by atomic mass is 10.1. The number of H-pyrrole nitrogens is 1. The Kier molecular flexibility index (Phi) is 5.58. The summed E-state index contributed by atoms with van der Waals surface area (Å²) in [4.78, 5) is 13.8. The molecule has 0 saturated carbocycles. The van der Waals surface area contributed by atoms with E-state index in [1.807, 2.05) is 17.5 Å². The Bertz CT molecular complexity index is 888. The smallest absolute Gasteiger partial charge is 0.255 e. The number of ether oxygens (including phenoxy) is 2. The molecule has 3 aromatic rings. The Hall–Kier alpha value is -2.80. The highest BCUT2D eigenvalue weighted by Crippen LogP contribution is 2.33. The van der Waals surface area contributed by atoms with Crippen LogP contribution >= 0.6 is 11.3 Å². The van der Waals surface area contributed by atoms with Crippen molar-refractivity contribution in [3.05, 3.63) is 47.0 Å². The molecule has 0 unspecified atom stereocenters. The summed E-state index contributed by atoms with van der Waals surface area (Å²) in [5.41, 5.74) is 2.90. The Morgan fingerprint density at radius 2 is 2.04 bits per heavy atom. The molecule has 0 saturated heterocycles. The average molecular weight is 371 g/mol. The summed E-state index contributed by atoms with van der Waals surface area (Å²) >= 11 is 1.59. The highest BCUT2D eigenvalue weighted by atomic mass is 32.1. The van der Waals surface area contributed by atoms with Gasteiger partial charge in [-0.1, -0.05) is 19.4 Å². The minimum absolute atomic E-state index is 0.220. The number of anilines is 1. The highest BCUT2D eigenvalue weighted by Gasteiger charge is 2.19. The standard InChI is InChI=1S/C19H21N3O3S/c1-4-6-13-17(18(22-21-13)16-7-5-10-26-16)20-19(23)12-8-9-14(24-2)15(11-12)25-3/h5,7-11H,4,6H2,1-3H3,(H,20,23)(H,21,22). The fourth-order valence-electron chi connectivity index (χ4n) is 2.70. The van der Waals surface area contributed by atoms with E-state index in [0.29, 0.717) is 17.1 Å². The maximum absolute atomic E-state index is 12.8. The predicted molar refractivity (Wildman–Crippen MR) is 103 cm³/mol. The third-order valence-electron chi connectivity index (χ3n) is 3.98. The van der Waals surface area contributed by atoms with Gasteiger partial charge in [0.05, 0.1) is 30.5 Å². The Morgan fingerprint density at radius 3 is 2.69 bits per heavy atom. The molecular weight excluding hydrogens is 350 g/mol. The summed E-state index contributed by atoms with van der Waals surface area (Å²) in [7, 11) is 3.11. The third-order valence-corrected chi connectivity index (χ3v) is 4.86. The average Bonchev–Trinajstić information content (AvgIpc) is 3.32. The predicted octanol–water partition coefficient (Wildman–Crippen LogP) is 4.36. The number of aromatic nitrogens is 2. The number of hydrogen-bond acceptors (Lipinski definition) is 5. The molecule has 1 amide bonds. The monoisotopic (exact) mass is 371 g/mol. The van der Waals surface area contributed by atoms with Crippen molar-refractivity contribution in [3.63, 3.8) is 0 Å². The van der Waals surface area contributed by atoms with E-state index in [1.54, 1.807) is 43.8 Å². The minimum atomic E-state index is -0.220. The number of aromatic amines is 1. The first-order valence-electron chi connectivity index (χ1n) is 8.32. The van der Waals surface area contributed by atoms with Crippen molar-refractivity contribution in [1.82, 2.24) is 10.2 Å². The first-order valence-corrected chi connectivity index (χ1v) is 9.20. The van der Waals surface area contributed by atoms with Crippen molar-refractivity contribution in [2.24, 2.45) is 0 Å². The van der Waals surface area contributed by atoms with Crippen molar-refractivity contribution in [3.8, 4) is 22.1 Å². The molecule has 0 radical (unpaired) electrons. The highest BCUT2D eigenvalue weighted by molar-refractivity contribution is 7.13. The van der Waals surface area contributed by atoms with Crippen LogP contribution in [0.5, 0.6) is 11.5 Å². The van der Waals surface area contributed by atoms with Gasteiger partial charge in [0.15, 0.2) is 11.5 Å². The van der Waals surface area contributed by atoms with E-state index in [4.69, 9.17) is 9.47 Å². The lowest BCUT2D eigenvalue weighted by Gasteiger charge is -2.11. The van der Waals surface area contributed by atoms with E-state index in [9.17, 15) is 4.79 Å². The molecule has 0 bridgehead atoms. The van der Waals surface area contributed by atoms with Crippen molar-refractivity contribution in [1.29, 1.82) is 0 Å². The van der Waals surface area contributed by atoms with Gasteiger partial charge in [-0.25, -0.2) is 0 Å². The van der Waals surface area contributed by atoms with Gasteiger partial charge in [-0.2, -0.15) is 5.10 Å². The zero-order valence-electron chi connectivity index (χ0n) is 15.0. The maximum atomic E-state index is 12.8. The Balaban J connectivity index is 1.93. The molecule has 0 fully saturated rings. The number of aryl methyl sites for hydroxylation is 1. The number of nitrogens with one attached hydrogen (secondary N) is 2. The van der Waals surface area contributed by atoms with Crippen molar-refractivity contribution in [2.75, 3.05) is 19.5 Å². The number of hydrogen-bond donors (Lipinski definition) is 2. The second-order valence-electron chi connectivity index (χ2n) is 5.68. The number of carbonyl (C=O) groups is 1. The molecule has 2 N–H and O–H groups in total. The van der Waals surface area contributed by atoms with Crippen LogP contribution in [0.1, 0.15) is 29.4 Å². The van der Waals surface area contributed by atoms with Crippen LogP contribution in [-0.2, 0) is 6.42 Å². The quantitative estimate of drug-likeness (QED) is 0.647. The molecule has 7 heteroatoms. The second kappa shape index (κ2) is 8.05. The van der Waals surface area contributed by atoms with Crippen LogP contribution in [0.25, 0.3) is 10.6 Å². The van der Waals surface area contributed by atoms with Gasteiger partial charge >= 0.3 is 0 Å². The summed E-state index contributed by atoms with van der Waals surface area (Å²) < 4.78 is 10.5. The van der Waals surface area contributed by atoms with Gasteiger partial charge < -0.3 is 14.8 Å². The van der Waals surface area contributed by atoms with Gasteiger partial charge in [0.1, 0.15) is 5.69 Å². The minimum Gasteiger partial charge on any atom is -0.493 e. The molecule has 0 aliphatic heterocycles. The Labute approximate surface area is 156 Å². The van der Waals surface area contributed by atoms with Crippen LogP contribution < -0.4 is 14.8 Å². The van der Waals surface area contributed by atoms with Gasteiger partial charge in [0, 0.05) is 5.56 Å². The van der Waals surface area contributed by atoms with E-state index in [-0.39, 0.29) is 5.91 Å². The Morgan fingerprint density at radius 1 is 1.23 bits per heavy atom. The molecule has 3 rings (SSSR count). The van der Waals surface area contributed by atoms with E-state index in [1.165, 1.54) is 0 Å². The molecule has 1 aromatic carbocycles. The second-order valence-corrected chi connectivity index (χ2v) is 6.62. The maximum Gasteiger partial charge on any atom is 0.255 e. The molecule has 0 aliphatic carbocycles. The number of benzene rings is 1. The summed E-state index contributed by atoms with van der Waals surface area (Å²) in [5, 5.41) is 12.5. The van der Waals surface area contributed by atoms with Crippen LogP contribution in [-0.4, -0.2) is 30.3 Å². The molecule has 0 spiro atoms. The molecular formula is C19H21N3O3S. The lowest BCUT2D eigenvalue weighted by molar-refractivity contribution is 0.102. The van der Waals surface area contributed by atoms with Crippen LogP contribution in [0, 0.1) is 0 Å². The summed E-state index contributed by atoms with van der Waals surface area (Å²) in [6, 6.07) is 9.05. The molecule has 0 atom stereocenters. The first kappa shape index (κ1) is 18.0. The van der Waals surface area contributed by atoms with E-state index >= 15 is 0 Å². The molecule has 136 valence electrons. The first-order chi connectivity index (χ1) is 12.7. The van der Waals surface area contributed by atoms with Crippen LogP contribution in [0.2, 0.25) is 0 Å². The van der Waals surface area contributed by atoms with E-state index in [2.05, 4.69) is 22.4 Å². The van der Waals surface area contributed by atoms with E-state index < -0.39 is 0 Å². The van der Waals surface area contributed by atoms with Crippen LogP contribution in [0.3, 0.4) is 0 Å². The van der Waals surface area contributed by atoms with E-state index in [0.717, 1.165) is 34.8 Å². The molecule has 26 heavy (non-hydrogen) atoms. The SMILES string of the molecule is CCCc1[nH]nc(-c2cccs2)c1NC(=O)c1ccc(OC)c(OC)c1. The summed E-state index contributed by atoms with van der Waals surface area (Å²) in [6.45, 7) is 2.09. The van der Waals surface area contributed by atoms with Crippen molar-refractivity contribution < 1.29 is 14.3 Å². The number of carbonyl (C=O) groups excluding carboxylic acids is 1. The van der Waals surface area contributed by atoms with Gasteiger partial charge in [-0.15, -0.1) is 11.3 Å². The number of amides is 1. The molecule has 2 heterocycles. The number of nitrogens with zero attached hydrogens (tertiary/aromatic N) is 1.